The fraction of sp³-hybridized carbons (Fsp3) is 0.222. The lowest BCUT2D eigenvalue weighted by molar-refractivity contribution is 0.965. The zero-order valence-electron chi connectivity index (χ0n) is 6.84. The lowest BCUT2D eigenvalue weighted by atomic mass is 10.1. The van der Waals surface area contributed by atoms with Gasteiger partial charge in [-0.1, -0.05) is 23.7 Å². The molecule has 0 aliphatic rings. The van der Waals surface area contributed by atoms with Crippen molar-refractivity contribution >= 4 is 17.3 Å². The molecular weight excluding hydrogens is 172 g/mol. The number of benzene rings is 1. The van der Waals surface area contributed by atoms with Gasteiger partial charge in [-0.05, 0) is 24.6 Å². The molecule has 1 rings (SSSR count). The van der Waals surface area contributed by atoms with Crippen molar-refractivity contribution in [2.24, 2.45) is 5.73 Å². The van der Waals surface area contributed by atoms with Gasteiger partial charge in [0.1, 0.15) is 0 Å². The second-order valence-electron chi connectivity index (χ2n) is 2.71. The van der Waals surface area contributed by atoms with E-state index in [0.29, 0.717) is 10.7 Å². The smallest absolute Gasteiger partial charge is 0.0551 e. The van der Waals surface area contributed by atoms with Gasteiger partial charge in [0.05, 0.1) is 5.71 Å². The van der Waals surface area contributed by atoms with E-state index in [1.807, 2.05) is 12.1 Å². The van der Waals surface area contributed by atoms with E-state index in [2.05, 4.69) is 0 Å². The summed E-state index contributed by atoms with van der Waals surface area (Å²) in [5.74, 6) is 0. The summed E-state index contributed by atoms with van der Waals surface area (Å²) in [6.45, 7) is 1.78. The van der Waals surface area contributed by atoms with Crippen LogP contribution in [0.4, 0.5) is 0 Å². The number of hydrogen-bond acceptors (Lipinski definition) is 2. The largest absolute Gasteiger partial charge is 0.323 e. The molecule has 1 atom stereocenters. The predicted octanol–water partition coefficient (Wildman–Crippen LogP) is 2.06. The van der Waals surface area contributed by atoms with E-state index < -0.39 is 0 Å². The van der Waals surface area contributed by atoms with Crippen molar-refractivity contribution in [3.8, 4) is 0 Å². The number of hydrogen-bond donors (Lipinski definition) is 2. The van der Waals surface area contributed by atoms with Gasteiger partial charge in [0.25, 0.3) is 0 Å². The monoisotopic (exact) mass is 182 g/mol. The fourth-order valence-corrected chi connectivity index (χ4v) is 1.11. The highest BCUT2D eigenvalue weighted by Crippen LogP contribution is 2.11. The van der Waals surface area contributed by atoms with Gasteiger partial charge in [-0.2, -0.15) is 0 Å². The Balaban J connectivity index is 2.96. The van der Waals surface area contributed by atoms with Crippen molar-refractivity contribution in [1.82, 2.24) is 0 Å². The van der Waals surface area contributed by atoms with Crippen LogP contribution in [0.2, 0.25) is 5.02 Å². The van der Waals surface area contributed by atoms with E-state index in [4.69, 9.17) is 22.7 Å². The van der Waals surface area contributed by atoms with Crippen LogP contribution in [0, 0.1) is 5.41 Å². The average Bonchev–Trinajstić information content (AvgIpc) is 2.03. The van der Waals surface area contributed by atoms with Gasteiger partial charge in [0.15, 0.2) is 0 Å². The molecule has 1 aromatic carbocycles. The molecule has 0 aliphatic heterocycles. The van der Waals surface area contributed by atoms with Crippen molar-refractivity contribution in [3.05, 3.63) is 34.9 Å². The van der Waals surface area contributed by atoms with Crippen molar-refractivity contribution in [2.75, 3.05) is 0 Å². The number of nitrogens with one attached hydrogen (secondary N) is 1. The normalized spacial score (nSPS) is 12.6. The summed E-state index contributed by atoms with van der Waals surface area (Å²) in [6.07, 6.45) is 0. The van der Waals surface area contributed by atoms with E-state index in [1.54, 1.807) is 19.1 Å². The van der Waals surface area contributed by atoms with Crippen LogP contribution in [0.5, 0.6) is 0 Å². The number of rotatable bonds is 2. The predicted molar refractivity (Wildman–Crippen MR) is 51.9 cm³/mol. The van der Waals surface area contributed by atoms with Crippen molar-refractivity contribution in [1.29, 1.82) is 5.41 Å². The lowest BCUT2D eigenvalue weighted by Gasteiger charge is -2.07. The van der Waals surface area contributed by atoms with Gasteiger partial charge in [-0.25, -0.2) is 0 Å². The Labute approximate surface area is 76.9 Å². The minimum absolute atomic E-state index is 0.247. The third-order valence-electron chi connectivity index (χ3n) is 1.59. The molecule has 0 heterocycles. The summed E-state index contributed by atoms with van der Waals surface area (Å²) in [7, 11) is 0. The summed E-state index contributed by atoms with van der Waals surface area (Å²) in [5, 5.41) is 8.23. The minimum atomic E-state index is -0.247. The van der Waals surface area contributed by atoms with E-state index in [9.17, 15) is 0 Å². The van der Waals surface area contributed by atoms with Crippen LogP contribution >= 0.6 is 11.6 Å². The quantitative estimate of drug-likeness (QED) is 0.676. The Morgan fingerprint density at radius 1 is 1.58 bits per heavy atom. The van der Waals surface area contributed by atoms with Gasteiger partial charge >= 0.3 is 0 Å². The SMILES string of the molecule is CC(N)C(=N)c1cccc(Cl)c1. The van der Waals surface area contributed by atoms with Gasteiger partial charge in [-0.15, -0.1) is 0 Å². The first-order valence-corrected chi connectivity index (χ1v) is 4.09. The van der Waals surface area contributed by atoms with E-state index in [0.717, 1.165) is 5.56 Å². The molecule has 0 saturated carbocycles. The van der Waals surface area contributed by atoms with Gasteiger partial charge in [-0.3, -0.25) is 0 Å². The molecule has 0 aliphatic carbocycles. The van der Waals surface area contributed by atoms with E-state index >= 15 is 0 Å². The summed E-state index contributed by atoms with van der Waals surface area (Å²) < 4.78 is 0. The van der Waals surface area contributed by atoms with Crippen LogP contribution < -0.4 is 5.73 Å². The Bertz CT molecular complexity index is 294. The molecule has 0 radical (unpaired) electrons. The maximum absolute atomic E-state index is 7.60. The highest BCUT2D eigenvalue weighted by atomic mass is 35.5. The topological polar surface area (TPSA) is 49.9 Å². The third-order valence-corrected chi connectivity index (χ3v) is 1.83. The molecular formula is C9H11ClN2. The molecule has 0 fully saturated rings. The standard InChI is InChI=1S/C9H11ClN2/c1-6(11)9(12)7-3-2-4-8(10)5-7/h2-6,12H,11H2,1H3. The second kappa shape index (κ2) is 3.70. The summed E-state index contributed by atoms with van der Waals surface area (Å²) in [5.41, 5.74) is 6.75. The average molecular weight is 183 g/mol. The van der Waals surface area contributed by atoms with Crippen LogP contribution in [0.15, 0.2) is 24.3 Å². The molecule has 2 nitrogen and oxygen atoms in total. The summed E-state index contributed by atoms with van der Waals surface area (Å²) in [6, 6.07) is 6.92. The lowest BCUT2D eigenvalue weighted by Crippen LogP contribution is -2.26. The maximum Gasteiger partial charge on any atom is 0.0551 e. The van der Waals surface area contributed by atoms with Crippen LogP contribution in [-0.2, 0) is 0 Å². The Morgan fingerprint density at radius 2 is 2.25 bits per heavy atom. The highest BCUT2D eigenvalue weighted by molar-refractivity contribution is 6.31. The van der Waals surface area contributed by atoms with Gasteiger partial charge in [0, 0.05) is 11.1 Å². The Morgan fingerprint density at radius 3 is 2.75 bits per heavy atom. The first-order chi connectivity index (χ1) is 5.61. The van der Waals surface area contributed by atoms with Crippen LogP contribution in [0.1, 0.15) is 12.5 Å². The summed E-state index contributed by atoms with van der Waals surface area (Å²) in [4.78, 5) is 0. The zero-order valence-corrected chi connectivity index (χ0v) is 7.60. The van der Waals surface area contributed by atoms with E-state index in [1.165, 1.54) is 0 Å². The number of halogens is 1. The molecule has 0 bridgehead atoms. The molecule has 12 heavy (non-hydrogen) atoms. The molecule has 3 heteroatoms. The molecule has 0 aromatic heterocycles. The van der Waals surface area contributed by atoms with Crippen LogP contribution in [0.3, 0.4) is 0 Å². The van der Waals surface area contributed by atoms with Gasteiger partial charge in [0.2, 0.25) is 0 Å². The molecule has 0 spiro atoms. The maximum atomic E-state index is 7.60. The molecule has 3 N–H and O–H groups in total. The number of nitrogens with two attached hydrogens (primary N) is 1. The molecule has 0 saturated heterocycles. The minimum Gasteiger partial charge on any atom is -0.323 e. The molecule has 64 valence electrons. The van der Waals surface area contributed by atoms with Crippen LogP contribution in [0.25, 0.3) is 0 Å². The fourth-order valence-electron chi connectivity index (χ4n) is 0.919. The molecule has 1 aromatic rings. The Kier molecular flexibility index (Phi) is 2.84. The third kappa shape index (κ3) is 2.06. The van der Waals surface area contributed by atoms with Crippen molar-refractivity contribution in [3.63, 3.8) is 0 Å². The highest BCUT2D eigenvalue weighted by Gasteiger charge is 2.05. The molecule has 0 amide bonds. The second-order valence-corrected chi connectivity index (χ2v) is 3.15. The zero-order chi connectivity index (χ0) is 9.14. The van der Waals surface area contributed by atoms with Gasteiger partial charge < -0.3 is 11.1 Å². The van der Waals surface area contributed by atoms with Crippen LogP contribution in [-0.4, -0.2) is 11.8 Å². The van der Waals surface area contributed by atoms with Crippen molar-refractivity contribution in [2.45, 2.75) is 13.0 Å². The first kappa shape index (κ1) is 9.23. The summed E-state index contributed by atoms with van der Waals surface area (Å²) >= 11 is 5.76. The first-order valence-electron chi connectivity index (χ1n) is 3.71. The molecule has 1 unspecified atom stereocenters. The van der Waals surface area contributed by atoms with E-state index in [-0.39, 0.29) is 6.04 Å². The van der Waals surface area contributed by atoms with Crippen molar-refractivity contribution < 1.29 is 0 Å². The Hall–Kier alpha value is -0.860.